The number of hydrogen-bond donors (Lipinski definition) is 2. The molecule has 1 atom stereocenters. The number of benzene rings is 1. The van der Waals surface area contributed by atoms with Crippen LogP contribution in [0.1, 0.15) is 0 Å². The second-order valence-corrected chi connectivity index (χ2v) is 4.21. The second-order valence-electron chi connectivity index (χ2n) is 4.21. The average molecular weight is 307 g/mol. The second kappa shape index (κ2) is 6.08. The quantitative estimate of drug-likeness (QED) is 0.505. The van der Waals surface area contributed by atoms with Crippen molar-refractivity contribution in [3.63, 3.8) is 0 Å². The molecule has 0 spiro atoms. The topological polar surface area (TPSA) is 50.1 Å². The van der Waals surface area contributed by atoms with Crippen LogP contribution in [0.2, 0.25) is 0 Å². The van der Waals surface area contributed by atoms with Gasteiger partial charge in [-0.3, -0.25) is 4.68 Å². The third kappa shape index (κ3) is 3.13. The number of halogens is 5. The van der Waals surface area contributed by atoms with Crippen LogP contribution in [0.5, 0.6) is 0 Å². The lowest BCUT2D eigenvalue weighted by atomic mass is 10.2. The molecule has 0 radical (unpaired) electrons. The molecule has 0 aliphatic heterocycles. The monoisotopic (exact) mass is 307 g/mol. The van der Waals surface area contributed by atoms with E-state index in [1.807, 2.05) is 5.32 Å². The van der Waals surface area contributed by atoms with E-state index >= 15 is 0 Å². The van der Waals surface area contributed by atoms with Crippen molar-refractivity contribution in [2.45, 2.75) is 12.6 Å². The SMILES string of the molecule is OC(CNc1c(F)c(F)c(F)c(F)c1F)Cn1cccn1. The van der Waals surface area contributed by atoms with Gasteiger partial charge in [-0.2, -0.15) is 5.10 Å². The highest BCUT2D eigenvalue weighted by Gasteiger charge is 2.25. The minimum Gasteiger partial charge on any atom is -0.389 e. The van der Waals surface area contributed by atoms with E-state index in [9.17, 15) is 27.1 Å². The van der Waals surface area contributed by atoms with E-state index in [-0.39, 0.29) is 6.54 Å². The molecule has 0 amide bonds. The van der Waals surface area contributed by atoms with E-state index in [0.717, 1.165) is 0 Å². The molecule has 1 unspecified atom stereocenters. The molecule has 0 aliphatic rings. The molecule has 0 fully saturated rings. The Morgan fingerprint density at radius 2 is 1.62 bits per heavy atom. The Balaban J connectivity index is 2.10. The third-order valence-corrected chi connectivity index (χ3v) is 2.68. The van der Waals surface area contributed by atoms with Gasteiger partial charge in [0.05, 0.1) is 12.6 Å². The fourth-order valence-electron chi connectivity index (χ4n) is 1.67. The maximum atomic E-state index is 13.3. The van der Waals surface area contributed by atoms with Crippen LogP contribution < -0.4 is 5.32 Å². The summed E-state index contributed by atoms with van der Waals surface area (Å²) in [6, 6.07) is 1.60. The smallest absolute Gasteiger partial charge is 0.200 e. The largest absolute Gasteiger partial charge is 0.389 e. The maximum absolute atomic E-state index is 13.3. The number of nitrogens with zero attached hydrogens (tertiary/aromatic N) is 2. The van der Waals surface area contributed by atoms with Gasteiger partial charge in [-0.05, 0) is 6.07 Å². The lowest BCUT2D eigenvalue weighted by Crippen LogP contribution is -2.26. The van der Waals surface area contributed by atoms with Crippen LogP contribution >= 0.6 is 0 Å². The highest BCUT2D eigenvalue weighted by molar-refractivity contribution is 5.47. The molecule has 2 aromatic rings. The third-order valence-electron chi connectivity index (χ3n) is 2.68. The Bertz CT molecular complexity index is 603. The molecule has 2 rings (SSSR count). The summed E-state index contributed by atoms with van der Waals surface area (Å²) < 4.78 is 66.8. The summed E-state index contributed by atoms with van der Waals surface area (Å²) >= 11 is 0. The molecule has 2 N–H and O–H groups in total. The normalized spacial score (nSPS) is 12.5. The van der Waals surface area contributed by atoms with Crippen molar-refractivity contribution in [3.05, 3.63) is 47.5 Å². The predicted octanol–water partition coefficient (Wildman–Crippen LogP) is 2.05. The maximum Gasteiger partial charge on any atom is 0.200 e. The Hall–Kier alpha value is -2.16. The first-order chi connectivity index (χ1) is 9.91. The van der Waals surface area contributed by atoms with Gasteiger partial charge in [-0.15, -0.1) is 0 Å². The van der Waals surface area contributed by atoms with Crippen LogP contribution in [-0.4, -0.2) is 27.5 Å². The first-order valence-electron chi connectivity index (χ1n) is 5.82. The summed E-state index contributed by atoms with van der Waals surface area (Å²) in [5.41, 5.74) is -1.18. The van der Waals surface area contributed by atoms with Crippen LogP contribution in [0.25, 0.3) is 0 Å². The van der Waals surface area contributed by atoms with Gasteiger partial charge in [0, 0.05) is 18.9 Å². The minimum absolute atomic E-state index is 0.00457. The zero-order valence-corrected chi connectivity index (χ0v) is 10.5. The molecular formula is C12H10F5N3O. The van der Waals surface area contributed by atoms with E-state index in [1.54, 1.807) is 12.3 Å². The molecule has 0 bridgehead atoms. The van der Waals surface area contributed by atoms with Gasteiger partial charge in [0.25, 0.3) is 0 Å². The molecule has 0 aliphatic carbocycles. The van der Waals surface area contributed by atoms with Crippen LogP contribution in [0, 0.1) is 29.1 Å². The summed E-state index contributed by atoms with van der Waals surface area (Å²) in [4.78, 5) is 0. The number of rotatable bonds is 5. The van der Waals surface area contributed by atoms with E-state index < -0.39 is 47.4 Å². The summed E-state index contributed by atoms with van der Waals surface area (Å²) in [6.07, 6.45) is 1.87. The van der Waals surface area contributed by atoms with Crippen molar-refractivity contribution in [1.29, 1.82) is 0 Å². The van der Waals surface area contributed by atoms with E-state index in [4.69, 9.17) is 0 Å². The zero-order valence-electron chi connectivity index (χ0n) is 10.5. The average Bonchev–Trinajstić information content (AvgIpc) is 2.96. The van der Waals surface area contributed by atoms with E-state index in [0.29, 0.717) is 0 Å². The standard InChI is InChI=1S/C12H10F5N3O/c13-7-8(14)10(16)12(11(17)9(7)15)18-4-6(21)5-20-3-1-2-19-20/h1-3,6,18,21H,4-5H2. The molecule has 1 aromatic heterocycles. The van der Waals surface area contributed by atoms with Crippen LogP contribution in [0.15, 0.2) is 18.5 Å². The molecule has 9 heteroatoms. The molecule has 21 heavy (non-hydrogen) atoms. The Morgan fingerprint density at radius 3 is 2.14 bits per heavy atom. The highest BCUT2D eigenvalue weighted by atomic mass is 19.2. The van der Waals surface area contributed by atoms with Gasteiger partial charge >= 0.3 is 0 Å². The molecule has 114 valence electrons. The Morgan fingerprint density at radius 1 is 1.05 bits per heavy atom. The fraction of sp³-hybridized carbons (Fsp3) is 0.250. The number of anilines is 1. The van der Waals surface area contributed by atoms with Gasteiger partial charge in [0.2, 0.25) is 5.82 Å². The Kier molecular flexibility index (Phi) is 4.41. The lowest BCUT2D eigenvalue weighted by Gasteiger charge is -2.14. The van der Waals surface area contributed by atoms with Crippen LogP contribution in [-0.2, 0) is 6.54 Å². The van der Waals surface area contributed by atoms with Crippen molar-refractivity contribution in [2.75, 3.05) is 11.9 Å². The highest BCUT2D eigenvalue weighted by Crippen LogP contribution is 2.26. The number of nitrogens with one attached hydrogen (secondary N) is 1. The van der Waals surface area contributed by atoms with Gasteiger partial charge in [0.15, 0.2) is 23.3 Å². The summed E-state index contributed by atoms with van der Waals surface area (Å²) in [6.45, 7) is -0.423. The summed E-state index contributed by atoms with van der Waals surface area (Å²) in [5.74, 6) is -10.3. The van der Waals surface area contributed by atoms with Crippen molar-refractivity contribution in [2.24, 2.45) is 0 Å². The summed E-state index contributed by atoms with van der Waals surface area (Å²) in [5, 5.41) is 15.4. The van der Waals surface area contributed by atoms with Gasteiger partial charge in [-0.25, -0.2) is 22.0 Å². The van der Waals surface area contributed by atoms with Crippen LogP contribution in [0.4, 0.5) is 27.6 Å². The molecule has 4 nitrogen and oxygen atoms in total. The first-order valence-corrected chi connectivity index (χ1v) is 5.82. The minimum atomic E-state index is -2.23. The molecule has 0 saturated carbocycles. The lowest BCUT2D eigenvalue weighted by molar-refractivity contribution is 0.161. The number of aliphatic hydroxyl groups is 1. The zero-order chi connectivity index (χ0) is 15.6. The van der Waals surface area contributed by atoms with Gasteiger partial charge < -0.3 is 10.4 Å². The number of aromatic nitrogens is 2. The number of aliphatic hydroxyl groups excluding tert-OH is 1. The first kappa shape index (κ1) is 15.2. The summed E-state index contributed by atoms with van der Waals surface area (Å²) in [7, 11) is 0. The number of hydrogen-bond acceptors (Lipinski definition) is 3. The molecule has 1 heterocycles. The van der Waals surface area contributed by atoms with E-state index in [2.05, 4.69) is 5.10 Å². The molecule has 0 saturated heterocycles. The predicted molar refractivity (Wildman–Crippen MR) is 63.0 cm³/mol. The molecular weight excluding hydrogens is 297 g/mol. The molecule has 1 aromatic carbocycles. The van der Waals surface area contributed by atoms with Crippen molar-refractivity contribution >= 4 is 5.69 Å². The van der Waals surface area contributed by atoms with Gasteiger partial charge in [-0.1, -0.05) is 0 Å². The van der Waals surface area contributed by atoms with E-state index in [1.165, 1.54) is 10.9 Å². The van der Waals surface area contributed by atoms with Crippen molar-refractivity contribution < 1.29 is 27.1 Å². The van der Waals surface area contributed by atoms with Crippen molar-refractivity contribution in [3.8, 4) is 0 Å². The van der Waals surface area contributed by atoms with Crippen LogP contribution in [0.3, 0.4) is 0 Å². The van der Waals surface area contributed by atoms with Crippen molar-refractivity contribution in [1.82, 2.24) is 9.78 Å². The van der Waals surface area contributed by atoms with Gasteiger partial charge in [0.1, 0.15) is 5.69 Å². The fourth-order valence-corrected chi connectivity index (χ4v) is 1.67. The Labute approximate surface area is 115 Å².